The van der Waals surface area contributed by atoms with Crippen molar-refractivity contribution < 1.29 is 0 Å². The van der Waals surface area contributed by atoms with Crippen LogP contribution in [0.3, 0.4) is 0 Å². The molecule has 2 heterocycles. The van der Waals surface area contributed by atoms with E-state index in [2.05, 4.69) is 52.1 Å². The van der Waals surface area contributed by atoms with E-state index < -0.39 is 0 Å². The van der Waals surface area contributed by atoms with E-state index in [1.165, 1.54) is 24.6 Å². The van der Waals surface area contributed by atoms with Crippen molar-refractivity contribution in [3.8, 4) is 0 Å². The summed E-state index contributed by atoms with van der Waals surface area (Å²) < 4.78 is 0. The van der Waals surface area contributed by atoms with Gasteiger partial charge in [-0.25, -0.2) is 0 Å². The van der Waals surface area contributed by atoms with Gasteiger partial charge in [-0.2, -0.15) is 0 Å². The van der Waals surface area contributed by atoms with Gasteiger partial charge in [-0.1, -0.05) is 12.1 Å². The van der Waals surface area contributed by atoms with Crippen molar-refractivity contribution in [2.45, 2.75) is 25.4 Å². The van der Waals surface area contributed by atoms with Gasteiger partial charge in [0.15, 0.2) is 0 Å². The zero-order valence-corrected chi connectivity index (χ0v) is 20.3. The Kier molecular flexibility index (Phi) is 7.14. The van der Waals surface area contributed by atoms with Crippen molar-refractivity contribution in [2.75, 3.05) is 40.0 Å². The Morgan fingerprint density at radius 2 is 1.94 bits per heavy atom. The minimum absolute atomic E-state index is 0.354. The molecule has 1 aromatic heterocycles. The van der Waals surface area contributed by atoms with Crippen LogP contribution in [0.1, 0.15) is 35.2 Å². The summed E-state index contributed by atoms with van der Waals surface area (Å²) in [4.78, 5) is 12.3. The number of H-pyrrole nitrogens is 1. The Hall–Kier alpha value is -3.42. The highest BCUT2D eigenvalue weighted by Gasteiger charge is 2.20. The molecule has 0 spiro atoms. The number of nitrogens with zero attached hydrogens (tertiary/aromatic N) is 3. The first kappa shape index (κ1) is 23.7. The van der Waals surface area contributed by atoms with Gasteiger partial charge in [-0.15, -0.1) is 0 Å². The van der Waals surface area contributed by atoms with Crippen LogP contribution in [-0.4, -0.2) is 67.0 Å². The fourth-order valence-electron chi connectivity index (χ4n) is 4.72. The van der Waals surface area contributed by atoms with Crippen LogP contribution in [0.2, 0.25) is 0 Å². The van der Waals surface area contributed by atoms with Gasteiger partial charge in [0.2, 0.25) is 0 Å². The summed E-state index contributed by atoms with van der Waals surface area (Å²) in [7, 11) is 6.05. The lowest BCUT2D eigenvalue weighted by atomic mass is 9.99. The number of hydrogen-bond acceptors (Lipinski definition) is 6. The first-order valence-electron chi connectivity index (χ1n) is 11.7. The second-order valence-corrected chi connectivity index (χ2v) is 9.26. The second-order valence-electron chi connectivity index (χ2n) is 9.26. The molecule has 0 bridgehead atoms. The highest BCUT2D eigenvalue weighted by molar-refractivity contribution is 6.16. The lowest BCUT2D eigenvalue weighted by Gasteiger charge is -2.35. The SMILES string of the molecule is CN=CC(=CN)c1ccc(N)c(C(=N)c2cc3cc(CN4CCC(N(C)C)CC4)ccc3[nH]2)c1. The molecule has 1 aliphatic heterocycles. The summed E-state index contributed by atoms with van der Waals surface area (Å²) in [6, 6.07) is 14.9. The second kappa shape index (κ2) is 10.2. The number of allylic oxidation sites excluding steroid dienone is 1. The van der Waals surface area contributed by atoms with Crippen LogP contribution in [0.25, 0.3) is 16.5 Å². The predicted octanol–water partition coefficient (Wildman–Crippen LogP) is 3.69. The van der Waals surface area contributed by atoms with Crippen LogP contribution < -0.4 is 11.5 Å². The molecule has 1 aliphatic rings. The van der Waals surface area contributed by atoms with Crippen LogP contribution in [0.15, 0.2) is 53.7 Å². The van der Waals surface area contributed by atoms with Crippen LogP contribution in [0.4, 0.5) is 5.69 Å². The largest absolute Gasteiger partial charge is 0.404 e. The van der Waals surface area contributed by atoms with Gasteiger partial charge >= 0.3 is 0 Å². The molecule has 1 saturated heterocycles. The van der Waals surface area contributed by atoms with E-state index in [4.69, 9.17) is 16.9 Å². The average Bonchev–Trinajstić information content (AvgIpc) is 3.26. The number of aromatic amines is 1. The summed E-state index contributed by atoms with van der Waals surface area (Å²) in [5.74, 6) is 0. The van der Waals surface area contributed by atoms with E-state index in [9.17, 15) is 0 Å². The molecular weight excluding hydrogens is 422 g/mol. The Balaban J connectivity index is 1.54. The monoisotopic (exact) mass is 457 g/mol. The molecule has 1 fully saturated rings. The first-order valence-corrected chi connectivity index (χ1v) is 11.7. The summed E-state index contributed by atoms with van der Waals surface area (Å²) in [6.07, 6.45) is 5.64. The van der Waals surface area contributed by atoms with Gasteiger partial charge in [0.25, 0.3) is 0 Å². The first-order chi connectivity index (χ1) is 16.4. The highest BCUT2D eigenvalue weighted by Crippen LogP contribution is 2.25. The molecule has 34 heavy (non-hydrogen) atoms. The lowest BCUT2D eigenvalue weighted by molar-refractivity contribution is 0.140. The molecule has 2 aromatic carbocycles. The molecule has 0 amide bonds. The van der Waals surface area contributed by atoms with Crippen molar-refractivity contribution in [1.82, 2.24) is 14.8 Å². The third-order valence-corrected chi connectivity index (χ3v) is 6.75. The Labute approximate surface area is 201 Å². The number of nitrogens with one attached hydrogen (secondary N) is 2. The molecule has 3 aromatic rings. The minimum Gasteiger partial charge on any atom is -0.404 e. The van der Waals surface area contributed by atoms with Gasteiger partial charge in [-0.05, 0) is 81.5 Å². The van der Waals surface area contributed by atoms with Gasteiger partial charge in [0.1, 0.15) is 0 Å². The molecule has 7 nitrogen and oxygen atoms in total. The van der Waals surface area contributed by atoms with E-state index >= 15 is 0 Å². The van der Waals surface area contributed by atoms with Gasteiger partial charge in [-0.3, -0.25) is 15.3 Å². The van der Waals surface area contributed by atoms with Gasteiger partial charge < -0.3 is 21.4 Å². The number of likely N-dealkylation sites (tertiary alicyclic amines) is 1. The van der Waals surface area contributed by atoms with E-state index in [1.807, 2.05) is 24.3 Å². The summed E-state index contributed by atoms with van der Waals surface area (Å²) in [5, 5.41) is 9.95. The van der Waals surface area contributed by atoms with Crippen LogP contribution in [0, 0.1) is 5.41 Å². The number of aliphatic imine (C=N–C) groups is 1. The molecule has 0 aliphatic carbocycles. The quantitative estimate of drug-likeness (QED) is 0.320. The molecular formula is C27H35N7. The average molecular weight is 458 g/mol. The van der Waals surface area contributed by atoms with E-state index in [-0.39, 0.29) is 0 Å². The number of nitrogens with two attached hydrogens (primary N) is 2. The van der Waals surface area contributed by atoms with E-state index in [0.29, 0.717) is 23.0 Å². The Morgan fingerprint density at radius 3 is 2.62 bits per heavy atom. The molecule has 6 N–H and O–H groups in total. The fourth-order valence-corrected chi connectivity index (χ4v) is 4.72. The number of piperidine rings is 1. The summed E-state index contributed by atoms with van der Waals surface area (Å²) in [6.45, 7) is 3.21. The topological polar surface area (TPSA) is 111 Å². The molecule has 0 saturated carbocycles. The smallest absolute Gasteiger partial charge is 0.0868 e. The Bertz CT molecular complexity index is 1230. The number of aromatic nitrogens is 1. The van der Waals surface area contributed by atoms with Crippen molar-refractivity contribution >= 4 is 34.1 Å². The number of anilines is 1. The maximum Gasteiger partial charge on any atom is 0.0868 e. The van der Waals surface area contributed by atoms with Crippen LogP contribution in [0.5, 0.6) is 0 Å². The standard InChI is InChI=1S/C27H35N7/c1-31-16-21(15-28)19-5-6-24(29)23(13-19)27(30)26-14-20-12-18(4-7-25(20)32-26)17-34-10-8-22(9-11-34)33(2)3/h4-7,12-16,22,30,32H,8-11,17,28-29H2,1-3H3. The molecule has 0 unspecified atom stereocenters. The third-order valence-electron chi connectivity index (χ3n) is 6.75. The number of hydrogen-bond donors (Lipinski definition) is 4. The molecule has 178 valence electrons. The van der Waals surface area contributed by atoms with E-state index in [0.717, 1.165) is 47.4 Å². The number of rotatable bonds is 7. The van der Waals surface area contributed by atoms with Crippen molar-refractivity contribution in [1.29, 1.82) is 5.41 Å². The third kappa shape index (κ3) is 5.05. The Morgan fingerprint density at radius 1 is 1.18 bits per heavy atom. The predicted molar refractivity (Wildman–Crippen MR) is 144 cm³/mol. The zero-order chi connectivity index (χ0) is 24.2. The van der Waals surface area contributed by atoms with Gasteiger partial charge in [0, 0.05) is 59.8 Å². The minimum atomic E-state index is 0.354. The highest BCUT2D eigenvalue weighted by atomic mass is 15.2. The van der Waals surface area contributed by atoms with Crippen molar-refractivity contribution in [2.24, 2.45) is 10.7 Å². The summed E-state index contributed by atoms with van der Waals surface area (Å²) >= 11 is 0. The number of fused-ring (bicyclic) bond motifs is 1. The van der Waals surface area contributed by atoms with Crippen LogP contribution >= 0.6 is 0 Å². The zero-order valence-electron chi connectivity index (χ0n) is 20.3. The summed E-state index contributed by atoms with van der Waals surface area (Å²) in [5.41, 5.74) is 18.3. The maximum absolute atomic E-state index is 8.85. The fraction of sp³-hybridized carbons (Fsp3) is 0.333. The van der Waals surface area contributed by atoms with E-state index in [1.54, 1.807) is 13.3 Å². The molecule has 7 heteroatoms. The normalized spacial score (nSPS) is 16.2. The van der Waals surface area contributed by atoms with Crippen molar-refractivity contribution in [3.63, 3.8) is 0 Å². The van der Waals surface area contributed by atoms with Gasteiger partial charge in [0.05, 0.1) is 11.4 Å². The van der Waals surface area contributed by atoms with Crippen LogP contribution in [-0.2, 0) is 6.54 Å². The lowest BCUT2D eigenvalue weighted by Crippen LogP contribution is -2.41. The number of benzene rings is 2. The van der Waals surface area contributed by atoms with Crippen molar-refractivity contribution in [3.05, 3.63) is 71.0 Å². The number of nitrogen functional groups attached to an aromatic ring is 1. The molecule has 0 atom stereocenters. The maximum atomic E-state index is 8.85. The molecule has 4 rings (SSSR count). The molecule has 0 radical (unpaired) electrons.